The van der Waals surface area contributed by atoms with E-state index in [1.807, 2.05) is 0 Å². The van der Waals surface area contributed by atoms with Gasteiger partial charge in [-0.1, -0.05) is 19.8 Å². The molecule has 0 spiro atoms. The quantitative estimate of drug-likeness (QED) is 0.714. The van der Waals surface area contributed by atoms with E-state index >= 15 is 0 Å². The minimum absolute atomic E-state index is 0.0232. The zero-order valence-corrected chi connectivity index (χ0v) is 13.5. The van der Waals surface area contributed by atoms with Crippen LogP contribution in [-0.2, 0) is 0 Å². The summed E-state index contributed by atoms with van der Waals surface area (Å²) in [6.45, 7) is 2.37. The Hall–Kier alpha value is -0.0800. The first kappa shape index (κ1) is 14.5. The summed E-state index contributed by atoms with van der Waals surface area (Å²) in [4.78, 5) is 0. The minimum atomic E-state index is -0.0457. The highest BCUT2D eigenvalue weighted by molar-refractivity contribution is 5.05. The second-order valence-electron chi connectivity index (χ2n) is 8.89. The van der Waals surface area contributed by atoms with Gasteiger partial charge in [-0.2, -0.15) is 0 Å². The Morgan fingerprint density at radius 1 is 0.810 bits per heavy atom. The highest BCUT2D eigenvalue weighted by Crippen LogP contribution is 2.61. The molecule has 0 aromatic rings. The maximum absolute atomic E-state index is 10.5. The third-order valence-electron chi connectivity index (χ3n) is 8.12. The van der Waals surface area contributed by atoms with Gasteiger partial charge in [-0.15, -0.1) is 0 Å². The van der Waals surface area contributed by atoms with Crippen molar-refractivity contribution < 1.29 is 10.2 Å². The maximum atomic E-state index is 10.5. The molecule has 0 bridgehead atoms. The van der Waals surface area contributed by atoms with Crippen LogP contribution in [0.5, 0.6) is 0 Å². The lowest BCUT2D eigenvalue weighted by molar-refractivity contribution is -0.0597. The highest BCUT2D eigenvalue weighted by Gasteiger charge is 2.55. The number of aliphatic hydroxyl groups excluding tert-OH is 2. The van der Waals surface area contributed by atoms with Crippen molar-refractivity contribution >= 4 is 0 Å². The zero-order valence-electron chi connectivity index (χ0n) is 13.5. The molecule has 0 aromatic heterocycles. The van der Waals surface area contributed by atoms with Crippen LogP contribution in [-0.4, -0.2) is 22.4 Å². The van der Waals surface area contributed by atoms with Crippen LogP contribution in [0.25, 0.3) is 0 Å². The number of rotatable bonds is 0. The molecular formula is C19H32O2. The van der Waals surface area contributed by atoms with Crippen LogP contribution >= 0.6 is 0 Å². The van der Waals surface area contributed by atoms with Crippen LogP contribution in [0.15, 0.2) is 0 Å². The van der Waals surface area contributed by atoms with Crippen molar-refractivity contribution in [3.63, 3.8) is 0 Å². The molecular weight excluding hydrogens is 260 g/mol. The molecule has 4 fully saturated rings. The van der Waals surface area contributed by atoms with E-state index in [9.17, 15) is 10.2 Å². The number of hydrogen-bond donors (Lipinski definition) is 2. The Labute approximate surface area is 129 Å². The normalized spacial score (nSPS) is 57.0. The third kappa shape index (κ3) is 2.20. The van der Waals surface area contributed by atoms with Gasteiger partial charge in [0.25, 0.3) is 0 Å². The van der Waals surface area contributed by atoms with E-state index in [-0.39, 0.29) is 17.6 Å². The maximum Gasteiger partial charge on any atom is 0.0596 e. The average molecular weight is 292 g/mol. The highest BCUT2D eigenvalue weighted by atomic mass is 16.3. The molecule has 120 valence electrons. The Morgan fingerprint density at radius 2 is 1.67 bits per heavy atom. The van der Waals surface area contributed by atoms with Crippen LogP contribution in [0, 0.1) is 35.0 Å². The largest absolute Gasteiger partial charge is 0.393 e. The molecule has 0 aromatic carbocycles. The molecule has 4 aliphatic carbocycles. The van der Waals surface area contributed by atoms with Gasteiger partial charge in [-0.3, -0.25) is 0 Å². The topological polar surface area (TPSA) is 40.5 Å². The molecule has 0 saturated heterocycles. The van der Waals surface area contributed by atoms with Gasteiger partial charge >= 0.3 is 0 Å². The Kier molecular flexibility index (Phi) is 3.61. The fourth-order valence-corrected chi connectivity index (χ4v) is 7.01. The van der Waals surface area contributed by atoms with Crippen molar-refractivity contribution in [3.05, 3.63) is 0 Å². The van der Waals surface area contributed by atoms with Crippen LogP contribution in [0.1, 0.15) is 71.1 Å². The average Bonchev–Trinajstić information content (AvgIpc) is 2.66. The van der Waals surface area contributed by atoms with Crippen molar-refractivity contribution in [1.29, 1.82) is 0 Å². The molecule has 21 heavy (non-hydrogen) atoms. The monoisotopic (exact) mass is 292 g/mol. The van der Waals surface area contributed by atoms with Crippen molar-refractivity contribution in [2.24, 2.45) is 35.0 Å². The predicted molar refractivity (Wildman–Crippen MR) is 83.7 cm³/mol. The second kappa shape index (κ2) is 5.23. The van der Waals surface area contributed by atoms with E-state index < -0.39 is 0 Å². The first-order valence-electron chi connectivity index (χ1n) is 9.45. The molecule has 8 atom stereocenters. The van der Waals surface area contributed by atoms with E-state index in [1.54, 1.807) is 0 Å². The molecule has 2 nitrogen and oxygen atoms in total. The van der Waals surface area contributed by atoms with E-state index in [0.717, 1.165) is 48.9 Å². The molecule has 4 aliphatic rings. The minimum Gasteiger partial charge on any atom is -0.393 e. The molecule has 0 unspecified atom stereocenters. The third-order valence-corrected chi connectivity index (χ3v) is 8.12. The van der Waals surface area contributed by atoms with Crippen molar-refractivity contribution in [2.45, 2.75) is 83.3 Å². The van der Waals surface area contributed by atoms with Crippen molar-refractivity contribution in [1.82, 2.24) is 0 Å². The fourth-order valence-electron chi connectivity index (χ4n) is 7.01. The first-order valence-corrected chi connectivity index (χ1v) is 9.45. The molecule has 0 aliphatic heterocycles. The molecule has 4 rings (SSSR count). The van der Waals surface area contributed by atoms with Crippen LogP contribution in [0.3, 0.4) is 0 Å². The van der Waals surface area contributed by atoms with Gasteiger partial charge in [0.05, 0.1) is 12.2 Å². The van der Waals surface area contributed by atoms with Crippen LogP contribution in [0.4, 0.5) is 0 Å². The van der Waals surface area contributed by atoms with Gasteiger partial charge in [0, 0.05) is 0 Å². The van der Waals surface area contributed by atoms with E-state index in [4.69, 9.17) is 0 Å². The molecule has 2 N–H and O–H groups in total. The summed E-state index contributed by atoms with van der Waals surface area (Å²) >= 11 is 0. The summed E-state index contributed by atoms with van der Waals surface area (Å²) in [5.74, 6) is 4.21. The SMILES string of the molecule is C[C@]12CC[C@H]3[C@@H](CCC[C@H]4C[C@@H](O)CC[C@@H]43)[C@@H]1CC[C@@H]2O. The lowest BCUT2D eigenvalue weighted by atomic mass is 9.55. The Morgan fingerprint density at radius 3 is 2.52 bits per heavy atom. The molecule has 0 amide bonds. The summed E-state index contributed by atoms with van der Waals surface area (Å²) in [5.41, 5.74) is 0.217. The van der Waals surface area contributed by atoms with Gasteiger partial charge < -0.3 is 10.2 Å². The standard InChI is InChI=1S/C19H32O2/c1-19-10-9-15-14-6-5-13(20)11-12(14)3-2-4-16(15)17(19)7-8-18(19)21/h12-18,20-21H,2-11H2,1H3/t12-,13-,14-,15+,16+,17-,18-,19-/m0/s1. The summed E-state index contributed by atoms with van der Waals surface area (Å²) in [7, 11) is 0. The molecule has 2 heteroatoms. The fraction of sp³-hybridized carbons (Fsp3) is 1.00. The van der Waals surface area contributed by atoms with Crippen LogP contribution in [0.2, 0.25) is 0 Å². The van der Waals surface area contributed by atoms with Crippen LogP contribution < -0.4 is 0 Å². The second-order valence-corrected chi connectivity index (χ2v) is 8.89. The van der Waals surface area contributed by atoms with Gasteiger partial charge in [-0.05, 0) is 86.4 Å². The van der Waals surface area contributed by atoms with Gasteiger partial charge in [-0.25, -0.2) is 0 Å². The van der Waals surface area contributed by atoms with Crippen molar-refractivity contribution in [3.8, 4) is 0 Å². The summed E-state index contributed by atoms with van der Waals surface area (Å²) in [6, 6.07) is 0. The van der Waals surface area contributed by atoms with E-state index in [2.05, 4.69) is 6.92 Å². The molecule has 4 saturated carbocycles. The summed E-state index contributed by atoms with van der Waals surface area (Å²) < 4.78 is 0. The summed E-state index contributed by atoms with van der Waals surface area (Å²) in [5, 5.41) is 20.5. The van der Waals surface area contributed by atoms with Gasteiger partial charge in [0.2, 0.25) is 0 Å². The predicted octanol–water partition coefficient (Wildman–Crippen LogP) is 3.75. The van der Waals surface area contributed by atoms with Crippen molar-refractivity contribution in [2.75, 3.05) is 0 Å². The number of aliphatic hydroxyl groups is 2. The van der Waals surface area contributed by atoms with E-state index in [0.29, 0.717) is 0 Å². The summed E-state index contributed by atoms with van der Waals surface area (Å²) in [6.07, 6.45) is 12.3. The zero-order chi connectivity index (χ0) is 14.6. The number of hydrogen-bond acceptors (Lipinski definition) is 2. The Bertz CT molecular complexity index is 395. The number of fused-ring (bicyclic) bond motifs is 5. The van der Waals surface area contributed by atoms with Gasteiger partial charge in [0.1, 0.15) is 0 Å². The Balaban J connectivity index is 1.59. The molecule has 0 radical (unpaired) electrons. The smallest absolute Gasteiger partial charge is 0.0596 e. The lowest BCUT2D eigenvalue weighted by Crippen LogP contribution is -2.46. The lowest BCUT2D eigenvalue weighted by Gasteiger charge is -2.51. The van der Waals surface area contributed by atoms with E-state index in [1.165, 1.54) is 44.9 Å². The molecule has 0 heterocycles. The van der Waals surface area contributed by atoms with Gasteiger partial charge in [0.15, 0.2) is 0 Å². The first-order chi connectivity index (χ1) is 10.1.